The van der Waals surface area contributed by atoms with Crippen LogP contribution in [0.4, 0.5) is 4.39 Å². The average molecular weight is 292 g/mol. The number of hydrogen-bond acceptors (Lipinski definition) is 4. The summed E-state index contributed by atoms with van der Waals surface area (Å²) >= 11 is 0. The number of carbonyl (C=O) groups is 1. The number of benzene rings is 1. The van der Waals surface area contributed by atoms with Crippen LogP contribution in [0.5, 0.6) is 11.5 Å². The van der Waals surface area contributed by atoms with Crippen LogP contribution in [0, 0.1) is 5.82 Å². The number of ether oxygens (including phenoxy) is 2. The Hall–Kier alpha value is -2.57. The van der Waals surface area contributed by atoms with Gasteiger partial charge < -0.3 is 14.6 Å². The zero-order valence-corrected chi connectivity index (χ0v) is 11.2. The van der Waals surface area contributed by atoms with Crippen LogP contribution in [0.3, 0.4) is 0 Å². The van der Waals surface area contributed by atoms with Crippen molar-refractivity contribution >= 4 is 5.97 Å². The summed E-state index contributed by atoms with van der Waals surface area (Å²) in [6.07, 6.45) is 1.95. The highest BCUT2D eigenvalue weighted by Crippen LogP contribution is 2.41. The molecule has 7 heteroatoms. The maximum atomic E-state index is 13.7. The van der Waals surface area contributed by atoms with E-state index in [1.165, 1.54) is 25.3 Å². The number of H-pyrrole nitrogens is 1. The lowest BCUT2D eigenvalue weighted by molar-refractivity contribution is 0.0690. The molecule has 1 saturated carbocycles. The zero-order chi connectivity index (χ0) is 15.0. The van der Waals surface area contributed by atoms with Gasteiger partial charge in [-0.15, -0.1) is 0 Å². The first-order chi connectivity index (χ1) is 10.1. The molecule has 1 aliphatic rings. The summed E-state index contributed by atoms with van der Waals surface area (Å²) in [6, 6.07) is 3.81. The number of nitrogens with one attached hydrogen (secondary N) is 1. The van der Waals surface area contributed by atoms with Crippen molar-refractivity contribution < 1.29 is 23.8 Å². The van der Waals surface area contributed by atoms with Crippen LogP contribution in [-0.4, -0.2) is 34.5 Å². The number of carboxylic acid groups (broad SMARTS) is 1. The van der Waals surface area contributed by atoms with Gasteiger partial charge in [0, 0.05) is 6.07 Å². The van der Waals surface area contributed by atoms with Crippen molar-refractivity contribution in [3.05, 3.63) is 29.7 Å². The number of carboxylic acids is 1. The van der Waals surface area contributed by atoms with E-state index in [1.54, 1.807) is 0 Å². The number of methoxy groups -OCH3 is 1. The van der Waals surface area contributed by atoms with Crippen molar-refractivity contribution in [1.29, 1.82) is 0 Å². The van der Waals surface area contributed by atoms with Gasteiger partial charge in [0.25, 0.3) is 0 Å². The lowest BCUT2D eigenvalue weighted by Gasteiger charge is -2.13. The van der Waals surface area contributed by atoms with E-state index < -0.39 is 11.8 Å². The van der Waals surface area contributed by atoms with Crippen LogP contribution in [-0.2, 0) is 0 Å². The molecule has 1 fully saturated rings. The number of aromatic carboxylic acids is 1. The Morgan fingerprint density at radius 1 is 1.43 bits per heavy atom. The van der Waals surface area contributed by atoms with E-state index in [4.69, 9.17) is 14.6 Å². The highest BCUT2D eigenvalue weighted by Gasteiger charge is 2.28. The van der Waals surface area contributed by atoms with Gasteiger partial charge in [-0.2, -0.15) is 5.10 Å². The van der Waals surface area contributed by atoms with E-state index >= 15 is 0 Å². The molecular formula is C14H13FN2O4. The second-order valence-electron chi connectivity index (χ2n) is 4.77. The predicted molar refractivity (Wildman–Crippen MR) is 71.1 cm³/mol. The van der Waals surface area contributed by atoms with Crippen LogP contribution >= 0.6 is 0 Å². The standard InChI is InChI=1S/C14H13FN2O4/c1-20-12-5-7(15)4-9(13(12)21-8-2-3-8)10-6-11(14(18)19)17-16-10/h4-6,8H,2-3H2,1H3,(H,16,17)(H,18,19). The van der Waals surface area contributed by atoms with Gasteiger partial charge in [-0.3, -0.25) is 5.10 Å². The Bertz CT molecular complexity index is 694. The molecule has 1 aromatic heterocycles. The summed E-state index contributed by atoms with van der Waals surface area (Å²) in [6.45, 7) is 0. The SMILES string of the molecule is COc1cc(F)cc(-c2cc(C(=O)O)[nH]n2)c1OC1CC1. The topological polar surface area (TPSA) is 84.4 Å². The summed E-state index contributed by atoms with van der Waals surface area (Å²) in [5.41, 5.74) is 0.578. The quantitative estimate of drug-likeness (QED) is 0.884. The van der Waals surface area contributed by atoms with Gasteiger partial charge >= 0.3 is 5.97 Å². The average Bonchev–Trinajstić information content (AvgIpc) is 3.13. The van der Waals surface area contributed by atoms with E-state index in [1.807, 2.05) is 0 Å². The van der Waals surface area contributed by atoms with Crippen LogP contribution in [0.1, 0.15) is 23.3 Å². The number of aromatic nitrogens is 2. The fourth-order valence-electron chi connectivity index (χ4n) is 1.95. The molecule has 0 amide bonds. The maximum Gasteiger partial charge on any atom is 0.353 e. The molecule has 2 aromatic rings. The zero-order valence-electron chi connectivity index (χ0n) is 11.2. The highest BCUT2D eigenvalue weighted by molar-refractivity contribution is 5.87. The fraction of sp³-hybridized carbons (Fsp3) is 0.286. The molecule has 21 heavy (non-hydrogen) atoms. The number of rotatable bonds is 5. The largest absolute Gasteiger partial charge is 0.493 e. The minimum absolute atomic E-state index is 0.0781. The van der Waals surface area contributed by atoms with Crippen LogP contribution in [0.2, 0.25) is 0 Å². The summed E-state index contributed by atoms with van der Waals surface area (Å²) in [5, 5.41) is 15.2. The second kappa shape index (κ2) is 5.08. The third kappa shape index (κ3) is 2.67. The molecule has 3 rings (SSSR count). The minimum Gasteiger partial charge on any atom is -0.493 e. The molecule has 0 aliphatic heterocycles. The smallest absolute Gasteiger partial charge is 0.353 e. The summed E-state index contributed by atoms with van der Waals surface area (Å²) in [4.78, 5) is 10.9. The minimum atomic E-state index is -1.14. The molecule has 0 radical (unpaired) electrons. The van der Waals surface area contributed by atoms with Crippen molar-refractivity contribution in [2.24, 2.45) is 0 Å². The maximum absolute atomic E-state index is 13.7. The summed E-state index contributed by atoms with van der Waals surface area (Å²) < 4.78 is 24.6. The third-order valence-electron chi connectivity index (χ3n) is 3.13. The lowest BCUT2D eigenvalue weighted by Crippen LogP contribution is -2.01. The molecular weight excluding hydrogens is 279 g/mol. The van der Waals surface area contributed by atoms with E-state index in [0.29, 0.717) is 17.0 Å². The van der Waals surface area contributed by atoms with Crippen molar-refractivity contribution in [3.63, 3.8) is 0 Å². The number of halogens is 1. The molecule has 0 atom stereocenters. The van der Waals surface area contributed by atoms with Gasteiger partial charge in [-0.05, 0) is 25.0 Å². The number of aromatic amines is 1. The highest BCUT2D eigenvalue weighted by atomic mass is 19.1. The monoisotopic (exact) mass is 292 g/mol. The normalized spacial score (nSPS) is 14.0. The van der Waals surface area contributed by atoms with Crippen LogP contribution in [0.25, 0.3) is 11.3 Å². The van der Waals surface area contributed by atoms with Gasteiger partial charge in [-0.1, -0.05) is 0 Å². The molecule has 1 aliphatic carbocycles. The third-order valence-corrected chi connectivity index (χ3v) is 3.13. The Morgan fingerprint density at radius 3 is 2.76 bits per heavy atom. The first kappa shape index (κ1) is 13.4. The van der Waals surface area contributed by atoms with Crippen molar-refractivity contribution in [1.82, 2.24) is 10.2 Å². The van der Waals surface area contributed by atoms with E-state index in [2.05, 4.69) is 10.2 Å². The first-order valence-electron chi connectivity index (χ1n) is 6.41. The second-order valence-corrected chi connectivity index (χ2v) is 4.77. The molecule has 0 spiro atoms. The Kier molecular flexibility index (Phi) is 3.25. The summed E-state index contributed by atoms with van der Waals surface area (Å²) in [5.74, 6) is -1.01. The summed E-state index contributed by atoms with van der Waals surface area (Å²) in [7, 11) is 1.42. The molecule has 0 saturated heterocycles. The van der Waals surface area contributed by atoms with Gasteiger partial charge in [0.05, 0.1) is 24.5 Å². The molecule has 110 valence electrons. The number of nitrogens with zero attached hydrogens (tertiary/aromatic N) is 1. The van der Waals surface area contributed by atoms with Gasteiger partial charge in [-0.25, -0.2) is 9.18 Å². The predicted octanol–water partition coefficient (Wildman–Crippen LogP) is 2.46. The van der Waals surface area contributed by atoms with Gasteiger partial charge in [0.15, 0.2) is 11.5 Å². The number of hydrogen-bond donors (Lipinski definition) is 2. The van der Waals surface area contributed by atoms with Crippen molar-refractivity contribution in [3.8, 4) is 22.8 Å². The lowest BCUT2D eigenvalue weighted by atomic mass is 10.1. The van der Waals surface area contributed by atoms with Crippen LogP contribution < -0.4 is 9.47 Å². The molecule has 0 bridgehead atoms. The van der Waals surface area contributed by atoms with Crippen molar-refractivity contribution in [2.75, 3.05) is 7.11 Å². The van der Waals surface area contributed by atoms with Crippen LogP contribution in [0.15, 0.2) is 18.2 Å². The molecule has 6 nitrogen and oxygen atoms in total. The van der Waals surface area contributed by atoms with E-state index in [0.717, 1.165) is 12.8 Å². The molecule has 0 unspecified atom stereocenters. The van der Waals surface area contributed by atoms with Gasteiger partial charge in [0.1, 0.15) is 11.5 Å². The van der Waals surface area contributed by atoms with Crippen molar-refractivity contribution in [2.45, 2.75) is 18.9 Å². The Morgan fingerprint density at radius 2 is 2.19 bits per heavy atom. The fourth-order valence-corrected chi connectivity index (χ4v) is 1.95. The van der Waals surface area contributed by atoms with E-state index in [-0.39, 0.29) is 17.5 Å². The van der Waals surface area contributed by atoms with Gasteiger partial charge in [0.2, 0.25) is 0 Å². The molecule has 1 heterocycles. The molecule has 1 aromatic carbocycles. The Labute approximate surface area is 119 Å². The first-order valence-corrected chi connectivity index (χ1v) is 6.41. The molecule has 2 N–H and O–H groups in total. The Balaban J connectivity index is 2.09. The van der Waals surface area contributed by atoms with E-state index in [9.17, 15) is 9.18 Å².